The first-order valence-corrected chi connectivity index (χ1v) is 6.59. The third-order valence-electron chi connectivity index (χ3n) is 3.59. The van der Waals surface area contributed by atoms with Gasteiger partial charge in [0.1, 0.15) is 5.82 Å². The predicted molar refractivity (Wildman–Crippen MR) is 79.8 cm³/mol. The molecule has 104 valence electrons. The molecular formula is C17H13FN2O. The van der Waals surface area contributed by atoms with Crippen molar-refractivity contribution in [1.29, 1.82) is 0 Å². The zero-order chi connectivity index (χ0) is 15.0. The first kappa shape index (κ1) is 13.4. The van der Waals surface area contributed by atoms with Gasteiger partial charge in [0.25, 0.3) is 0 Å². The van der Waals surface area contributed by atoms with Crippen molar-refractivity contribution in [2.45, 2.75) is 13.8 Å². The van der Waals surface area contributed by atoms with Crippen LogP contribution >= 0.6 is 0 Å². The molecule has 0 spiro atoms. The molecule has 0 N–H and O–H groups in total. The number of fused-ring (bicyclic) bond motifs is 1. The molecule has 0 atom stereocenters. The van der Waals surface area contributed by atoms with E-state index in [0.717, 1.165) is 22.9 Å². The Hall–Kier alpha value is -2.62. The Bertz CT molecular complexity index is 859. The molecule has 0 aliphatic heterocycles. The molecule has 0 aliphatic carbocycles. The van der Waals surface area contributed by atoms with E-state index in [9.17, 15) is 9.18 Å². The number of halogens is 1. The van der Waals surface area contributed by atoms with Gasteiger partial charge in [-0.05, 0) is 44.2 Å². The van der Waals surface area contributed by atoms with Crippen LogP contribution < -0.4 is 0 Å². The van der Waals surface area contributed by atoms with Gasteiger partial charge in [-0.15, -0.1) is 0 Å². The smallest absolute Gasteiger partial charge is 0.152 e. The van der Waals surface area contributed by atoms with Crippen LogP contribution in [-0.4, -0.2) is 16.3 Å². The summed E-state index contributed by atoms with van der Waals surface area (Å²) in [5.41, 5.74) is 3.62. The molecular weight excluding hydrogens is 267 g/mol. The minimum Gasteiger partial charge on any atom is -0.298 e. The molecule has 0 aliphatic rings. The molecule has 2 aromatic heterocycles. The summed E-state index contributed by atoms with van der Waals surface area (Å²) in [4.78, 5) is 20.1. The molecule has 0 saturated carbocycles. The fraction of sp³-hybridized carbons (Fsp3) is 0.118. The number of carbonyl (C=O) groups is 1. The average Bonchev–Trinajstić information content (AvgIpc) is 2.50. The highest BCUT2D eigenvalue weighted by Gasteiger charge is 2.13. The molecule has 0 saturated heterocycles. The van der Waals surface area contributed by atoms with Crippen LogP contribution in [0.3, 0.4) is 0 Å². The monoisotopic (exact) mass is 280 g/mol. The van der Waals surface area contributed by atoms with Gasteiger partial charge in [0, 0.05) is 34.0 Å². The third-order valence-corrected chi connectivity index (χ3v) is 3.59. The largest absolute Gasteiger partial charge is 0.298 e. The number of hydrogen-bond acceptors (Lipinski definition) is 3. The maximum absolute atomic E-state index is 13.7. The summed E-state index contributed by atoms with van der Waals surface area (Å²) in [6.45, 7) is 3.54. The molecule has 3 aromatic rings. The first-order valence-electron chi connectivity index (χ1n) is 6.59. The number of aryl methyl sites for hydroxylation is 2. The topological polar surface area (TPSA) is 42.9 Å². The number of aromatic nitrogens is 2. The molecule has 21 heavy (non-hydrogen) atoms. The summed E-state index contributed by atoms with van der Waals surface area (Å²) in [6, 6.07) is 8.42. The van der Waals surface area contributed by atoms with Crippen LogP contribution in [0.1, 0.15) is 21.6 Å². The molecule has 0 unspecified atom stereocenters. The van der Waals surface area contributed by atoms with E-state index in [1.807, 2.05) is 13.0 Å². The fourth-order valence-corrected chi connectivity index (χ4v) is 2.41. The van der Waals surface area contributed by atoms with Gasteiger partial charge in [-0.3, -0.25) is 9.78 Å². The maximum Gasteiger partial charge on any atom is 0.152 e. The number of rotatable bonds is 2. The maximum atomic E-state index is 13.7. The van der Waals surface area contributed by atoms with Crippen molar-refractivity contribution in [2.75, 3.05) is 0 Å². The van der Waals surface area contributed by atoms with Crippen molar-refractivity contribution < 1.29 is 9.18 Å². The van der Waals surface area contributed by atoms with E-state index in [1.165, 1.54) is 6.07 Å². The number of hydrogen-bond donors (Lipinski definition) is 0. The summed E-state index contributed by atoms with van der Waals surface area (Å²) in [5, 5.41) is 0.751. The predicted octanol–water partition coefficient (Wildman–Crippen LogP) is 3.87. The number of nitrogens with zero attached hydrogens (tertiary/aromatic N) is 2. The quantitative estimate of drug-likeness (QED) is 0.669. The Morgan fingerprint density at radius 2 is 2.00 bits per heavy atom. The van der Waals surface area contributed by atoms with Crippen molar-refractivity contribution in [1.82, 2.24) is 9.97 Å². The number of carbonyl (C=O) groups excluding carboxylic acids is 1. The van der Waals surface area contributed by atoms with Gasteiger partial charge in [-0.25, -0.2) is 9.37 Å². The summed E-state index contributed by atoms with van der Waals surface area (Å²) in [7, 11) is 0. The SMILES string of the molecule is Cc1ncccc1-c1nc2c(C)c(F)ccc2cc1C=O. The van der Waals surface area contributed by atoms with E-state index >= 15 is 0 Å². The van der Waals surface area contributed by atoms with Gasteiger partial charge in [-0.2, -0.15) is 0 Å². The minimum absolute atomic E-state index is 0.303. The molecule has 1 aromatic carbocycles. The summed E-state index contributed by atoms with van der Waals surface area (Å²) in [5.74, 6) is -0.303. The molecule has 0 radical (unpaired) electrons. The van der Waals surface area contributed by atoms with Crippen molar-refractivity contribution in [3.8, 4) is 11.3 Å². The summed E-state index contributed by atoms with van der Waals surface area (Å²) in [6.07, 6.45) is 2.46. The van der Waals surface area contributed by atoms with Crippen molar-refractivity contribution in [2.24, 2.45) is 0 Å². The highest BCUT2D eigenvalue weighted by Crippen LogP contribution is 2.28. The Kier molecular flexibility index (Phi) is 3.22. The molecule has 3 nitrogen and oxygen atoms in total. The lowest BCUT2D eigenvalue weighted by atomic mass is 10.0. The Balaban J connectivity index is 2.39. The molecule has 0 amide bonds. The van der Waals surface area contributed by atoms with Gasteiger partial charge >= 0.3 is 0 Å². The Morgan fingerprint density at radius 1 is 1.19 bits per heavy atom. The van der Waals surface area contributed by atoms with Crippen LogP contribution in [0.25, 0.3) is 22.2 Å². The number of pyridine rings is 2. The Morgan fingerprint density at radius 3 is 2.71 bits per heavy atom. The highest BCUT2D eigenvalue weighted by atomic mass is 19.1. The second-order valence-electron chi connectivity index (χ2n) is 4.92. The fourth-order valence-electron chi connectivity index (χ4n) is 2.41. The molecule has 0 fully saturated rings. The molecule has 4 heteroatoms. The van der Waals surface area contributed by atoms with E-state index in [-0.39, 0.29) is 5.82 Å². The molecule has 2 heterocycles. The van der Waals surface area contributed by atoms with Gasteiger partial charge < -0.3 is 0 Å². The van der Waals surface area contributed by atoms with E-state index in [4.69, 9.17) is 0 Å². The Labute approximate surface area is 121 Å². The second-order valence-corrected chi connectivity index (χ2v) is 4.92. The third kappa shape index (κ3) is 2.18. The van der Waals surface area contributed by atoms with Crippen LogP contribution in [0.2, 0.25) is 0 Å². The zero-order valence-electron chi connectivity index (χ0n) is 11.7. The average molecular weight is 280 g/mol. The van der Waals surface area contributed by atoms with Crippen LogP contribution in [0.15, 0.2) is 36.5 Å². The van der Waals surface area contributed by atoms with Crippen molar-refractivity contribution >= 4 is 17.2 Å². The zero-order valence-corrected chi connectivity index (χ0v) is 11.7. The van der Waals surface area contributed by atoms with E-state index in [0.29, 0.717) is 22.3 Å². The van der Waals surface area contributed by atoms with Crippen LogP contribution in [0.5, 0.6) is 0 Å². The van der Waals surface area contributed by atoms with Crippen molar-refractivity contribution in [3.05, 3.63) is 59.2 Å². The highest BCUT2D eigenvalue weighted by molar-refractivity contribution is 5.94. The summed E-state index contributed by atoms with van der Waals surface area (Å²) >= 11 is 0. The summed E-state index contributed by atoms with van der Waals surface area (Å²) < 4.78 is 13.7. The standard InChI is InChI=1S/C17H13FN2O/c1-10-15(18)6-5-12-8-13(9-21)17(20-16(10)12)14-4-3-7-19-11(14)2/h3-9H,1-2H3. The van der Waals surface area contributed by atoms with E-state index < -0.39 is 0 Å². The normalized spacial score (nSPS) is 10.8. The van der Waals surface area contributed by atoms with E-state index in [1.54, 1.807) is 31.3 Å². The second kappa shape index (κ2) is 5.05. The van der Waals surface area contributed by atoms with E-state index in [2.05, 4.69) is 9.97 Å². The number of benzene rings is 1. The van der Waals surface area contributed by atoms with Gasteiger partial charge in [0.05, 0.1) is 11.2 Å². The first-order chi connectivity index (χ1) is 10.1. The lowest BCUT2D eigenvalue weighted by Crippen LogP contribution is -1.98. The van der Waals surface area contributed by atoms with Gasteiger partial charge in [0.15, 0.2) is 6.29 Å². The minimum atomic E-state index is -0.303. The van der Waals surface area contributed by atoms with Crippen LogP contribution in [0.4, 0.5) is 4.39 Å². The van der Waals surface area contributed by atoms with Crippen LogP contribution in [0, 0.1) is 19.7 Å². The molecule has 0 bridgehead atoms. The molecule has 3 rings (SSSR count). The van der Waals surface area contributed by atoms with Gasteiger partial charge in [-0.1, -0.05) is 0 Å². The lowest BCUT2D eigenvalue weighted by Gasteiger charge is -2.10. The van der Waals surface area contributed by atoms with Crippen LogP contribution in [-0.2, 0) is 0 Å². The lowest BCUT2D eigenvalue weighted by molar-refractivity contribution is 0.112. The van der Waals surface area contributed by atoms with Gasteiger partial charge in [0.2, 0.25) is 0 Å². The number of aldehydes is 1. The van der Waals surface area contributed by atoms with Crippen molar-refractivity contribution in [3.63, 3.8) is 0 Å².